The normalized spacial score (nSPS) is 15.3. The lowest BCUT2D eigenvalue weighted by molar-refractivity contribution is -0.0290. The predicted molar refractivity (Wildman–Crippen MR) is 210 cm³/mol. The third-order valence-electron chi connectivity index (χ3n) is 11.1. The molecule has 0 fully saturated rings. The highest BCUT2D eigenvalue weighted by molar-refractivity contribution is 9.10. The van der Waals surface area contributed by atoms with Crippen molar-refractivity contribution >= 4 is 82.6 Å². The Morgan fingerprint density at radius 1 is 0.596 bits per heavy atom. The molecule has 2 heterocycles. The lowest BCUT2D eigenvalue weighted by atomic mass is 9.81. The van der Waals surface area contributed by atoms with Gasteiger partial charge in [0.15, 0.2) is 0 Å². The summed E-state index contributed by atoms with van der Waals surface area (Å²) in [6.07, 6.45) is 3.18. The fourth-order valence-electron chi connectivity index (χ4n) is 8.42. The van der Waals surface area contributed by atoms with Gasteiger partial charge in [0.2, 0.25) is 0 Å². The summed E-state index contributed by atoms with van der Waals surface area (Å²) < 4.78 is 13.8. The standard InChI is InChI=1S/C43H47BrN2O6/c1-10-22(11-2)45-38(47)26-17-15-25-35-31(52-43(8,9)18-19-51-42(5,6)7)21-29-33-27(39(48)46(41(29)50)23(12-3)13-4)16-14-24(37(33)35)34-30(44)20-28(40(45)49)32(26)36(25)34/h14-17,20-23H,10-13,18-19H2,1-9H3. The number of hydrogen-bond donors (Lipinski definition) is 0. The van der Waals surface area contributed by atoms with Crippen molar-refractivity contribution in [3.8, 4) is 5.75 Å². The average molecular weight is 768 g/mol. The number of ether oxygens (including phenoxy) is 2. The molecule has 5 aromatic rings. The zero-order chi connectivity index (χ0) is 37.6. The Labute approximate surface area is 313 Å². The molecule has 0 saturated carbocycles. The van der Waals surface area contributed by atoms with E-state index in [4.69, 9.17) is 9.47 Å². The van der Waals surface area contributed by atoms with Gasteiger partial charge in [-0.3, -0.25) is 29.0 Å². The van der Waals surface area contributed by atoms with E-state index in [-0.39, 0.29) is 41.3 Å². The molecule has 272 valence electrons. The highest BCUT2D eigenvalue weighted by Gasteiger charge is 2.41. The van der Waals surface area contributed by atoms with E-state index in [1.54, 1.807) is 0 Å². The maximum absolute atomic E-state index is 14.5. The van der Waals surface area contributed by atoms with E-state index >= 15 is 0 Å². The van der Waals surface area contributed by atoms with Crippen molar-refractivity contribution in [1.29, 1.82) is 0 Å². The summed E-state index contributed by atoms with van der Waals surface area (Å²) in [5, 5.41) is 5.87. The number of fused-ring (bicyclic) bond motifs is 2. The van der Waals surface area contributed by atoms with Gasteiger partial charge in [-0.25, -0.2) is 0 Å². The van der Waals surface area contributed by atoms with Crippen molar-refractivity contribution in [3.63, 3.8) is 0 Å². The quantitative estimate of drug-likeness (QED) is 0.0755. The molecule has 0 spiro atoms. The smallest absolute Gasteiger partial charge is 0.261 e. The fourth-order valence-corrected chi connectivity index (χ4v) is 9.06. The molecule has 52 heavy (non-hydrogen) atoms. The minimum atomic E-state index is -0.711. The van der Waals surface area contributed by atoms with Crippen LogP contribution in [0.5, 0.6) is 5.75 Å². The highest BCUT2D eigenvalue weighted by atomic mass is 79.9. The van der Waals surface area contributed by atoms with Crippen LogP contribution in [-0.2, 0) is 4.74 Å². The Kier molecular flexibility index (Phi) is 8.93. The number of rotatable bonds is 11. The summed E-state index contributed by atoms with van der Waals surface area (Å²) in [6, 6.07) is 10.7. The predicted octanol–water partition coefficient (Wildman–Crippen LogP) is 10.4. The number of benzene rings is 5. The van der Waals surface area contributed by atoms with E-state index in [1.807, 2.05) is 98.7 Å². The van der Waals surface area contributed by atoms with Gasteiger partial charge < -0.3 is 9.47 Å². The van der Waals surface area contributed by atoms with Gasteiger partial charge in [-0.15, -0.1) is 0 Å². The summed E-state index contributed by atoms with van der Waals surface area (Å²) >= 11 is 3.84. The maximum Gasteiger partial charge on any atom is 0.261 e. The molecular formula is C43H47BrN2O6. The van der Waals surface area contributed by atoms with Gasteiger partial charge in [0, 0.05) is 72.0 Å². The van der Waals surface area contributed by atoms with Crippen molar-refractivity contribution < 1.29 is 28.7 Å². The molecule has 0 bridgehead atoms. The first-order valence-corrected chi connectivity index (χ1v) is 19.4. The second kappa shape index (κ2) is 12.8. The van der Waals surface area contributed by atoms with Crippen LogP contribution in [0, 0.1) is 0 Å². The molecule has 0 N–H and O–H groups in total. The van der Waals surface area contributed by atoms with Gasteiger partial charge in [0.1, 0.15) is 11.4 Å². The van der Waals surface area contributed by atoms with Crippen LogP contribution in [0.25, 0.3) is 43.1 Å². The number of carbonyl (C=O) groups excluding carboxylic acids is 4. The van der Waals surface area contributed by atoms with Gasteiger partial charge in [-0.2, -0.15) is 0 Å². The average Bonchev–Trinajstić information content (AvgIpc) is 3.08. The Bertz CT molecular complexity index is 2330. The molecule has 0 saturated heterocycles. The second-order valence-electron chi connectivity index (χ2n) is 15.9. The topological polar surface area (TPSA) is 93.2 Å². The van der Waals surface area contributed by atoms with E-state index in [0.29, 0.717) is 82.0 Å². The molecule has 0 radical (unpaired) electrons. The monoisotopic (exact) mass is 766 g/mol. The number of imide groups is 2. The molecule has 7 rings (SSSR count). The Balaban J connectivity index is 1.58. The number of amides is 4. The summed E-state index contributed by atoms with van der Waals surface area (Å²) in [6.45, 7) is 18.5. The van der Waals surface area contributed by atoms with E-state index in [9.17, 15) is 19.2 Å². The van der Waals surface area contributed by atoms with Gasteiger partial charge in [-0.05, 0) is 95.3 Å². The van der Waals surface area contributed by atoms with Crippen LogP contribution in [0.15, 0.2) is 40.9 Å². The number of nitrogens with zero attached hydrogens (tertiary/aromatic N) is 2. The minimum absolute atomic E-state index is 0.217. The largest absolute Gasteiger partial charge is 0.487 e. The highest BCUT2D eigenvalue weighted by Crippen LogP contribution is 2.52. The number of carbonyl (C=O) groups is 4. The van der Waals surface area contributed by atoms with Crippen LogP contribution in [0.4, 0.5) is 0 Å². The Hall–Kier alpha value is -4.08. The lowest BCUT2D eigenvalue weighted by Crippen LogP contribution is -2.46. The van der Waals surface area contributed by atoms with Gasteiger partial charge in [-0.1, -0.05) is 55.8 Å². The van der Waals surface area contributed by atoms with E-state index < -0.39 is 5.60 Å². The van der Waals surface area contributed by atoms with Crippen LogP contribution >= 0.6 is 15.9 Å². The number of halogens is 1. The first-order chi connectivity index (χ1) is 24.6. The first kappa shape index (κ1) is 36.3. The van der Waals surface area contributed by atoms with Crippen LogP contribution < -0.4 is 4.74 Å². The Morgan fingerprint density at radius 2 is 1.04 bits per heavy atom. The maximum atomic E-state index is 14.5. The van der Waals surface area contributed by atoms with E-state index in [1.165, 1.54) is 9.80 Å². The van der Waals surface area contributed by atoms with Crippen LogP contribution in [0.2, 0.25) is 0 Å². The fraction of sp³-hybridized carbons (Fsp3) is 0.442. The lowest BCUT2D eigenvalue weighted by Gasteiger charge is -2.36. The summed E-state index contributed by atoms with van der Waals surface area (Å²) in [5.74, 6) is -0.730. The summed E-state index contributed by atoms with van der Waals surface area (Å²) in [5.41, 5.74) is 0.825. The van der Waals surface area contributed by atoms with Crippen LogP contribution in [-0.4, -0.2) is 63.3 Å². The third kappa shape index (κ3) is 5.41. The number of hydrogen-bond acceptors (Lipinski definition) is 6. The molecule has 0 aromatic heterocycles. The van der Waals surface area contributed by atoms with E-state index in [2.05, 4.69) is 15.9 Å². The van der Waals surface area contributed by atoms with Crippen LogP contribution in [0.1, 0.15) is 136 Å². The minimum Gasteiger partial charge on any atom is -0.487 e. The molecule has 5 aromatic carbocycles. The van der Waals surface area contributed by atoms with Crippen molar-refractivity contribution in [2.75, 3.05) is 6.61 Å². The van der Waals surface area contributed by atoms with Gasteiger partial charge in [0.05, 0.1) is 17.8 Å². The van der Waals surface area contributed by atoms with E-state index in [0.717, 1.165) is 32.3 Å². The molecule has 8 nitrogen and oxygen atoms in total. The van der Waals surface area contributed by atoms with Crippen molar-refractivity contribution in [2.45, 2.75) is 118 Å². The van der Waals surface area contributed by atoms with Crippen LogP contribution in [0.3, 0.4) is 0 Å². The zero-order valence-corrected chi connectivity index (χ0v) is 33.2. The molecule has 2 aliphatic rings. The zero-order valence-electron chi connectivity index (χ0n) is 31.6. The molecule has 4 amide bonds. The first-order valence-electron chi connectivity index (χ1n) is 18.6. The van der Waals surface area contributed by atoms with Crippen molar-refractivity contribution in [3.05, 3.63) is 63.1 Å². The SMILES string of the molecule is CCC(CC)N1C(=O)c2ccc3c4c(OC(C)(C)CCOC(C)(C)C)cc5c6c(ccc(c7c(Br)cc(c2c37)C1=O)c64)C(=O)N(C(CC)CC)C5=O. The molecule has 9 heteroatoms. The van der Waals surface area contributed by atoms with Gasteiger partial charge >= 0.3 is 0 Å². The summed E-state index contributed by atoms with van der Waals surface area (Å²) in [7, 11) is 0. The molecule has 0 atom stereocenters. The van der Waals surface area contributed by atoms with Crippen molar-refractivity contribution in [1.82, 2.24) is 9.80 Å². The third-order valence-corrected chi connectivity index (χ3v) is 11.7. The summed E-state index contributed by atoms with van der Waals surface area (Å²) in [4.78, 5) is 60.0. The molecule has 0 unspecified atom stereocenters. The Morgan fingerprint density at radius 3 is 1.52 bits per heavy atom. The van der Waals surface area contributed by atoms with Crippen molar-refractivity contribution in [2.24, 2.45) is 0 Å². The van der Waals surface area contributed by atoms with Gasteiger partial charge in [0.25, 0.3) is 23.6 Å². The second-order valence-corrected chi connectivity index (χ2v) is 16.7. The molecule has 0 aliphatic carbocycles. The molecular weight excluding hydrogens is 720 g/mol. The molecule has 2 aliphatic heterocycles.